The molecule has 0 spiro atoms. The van der Waals surface area contributed by atoms with Crippen LogP contribution < -0.4 is 5.32 Å². The molecule has 0 aliphatic heterocycles. The molecule has 0 aromatic carbocycles. The van der Waals surface area contributed by atoms with Gasteiger partial charge < -0.3 is 10.4 Å². The van der Waals surface area contributed by atoms with Crippen molar-refractivity contribution in [2.45, 2.75) is 45.2 Å². The van der Waals surface area contributed by atoms with Crippen LogP contribution in [-0.4, -0.2) is 22.1 Å². The first kappa shape index (κ1) is 12.5. The van der Waals surface area contributed by atoms with Gasteiger partial charge in [0.25, 0.3) is 0 Å². The number of carboxylic acid groups (broad SMARTS) is 1. The second-order valence-corrected chi connectivity index (χ2v) is 5.58. The average molecular weight is 254 g/mol. The standard InChI is InChI=1S/C12H18N2O2S/c1-8-11(17-7-14-8)6-13-10-4-2-3-9(5-10)12(15)16/h7,9-10,13H,2-6H2,1H3,(H,15,16). The fourth-order valence-corrected chi connectivity index (χ4v) is 3.06. The van der Waals surface area contributed by atoms with Gasteiger partial charge in [-0.1, -0.05) is 6.42 Å². The fraction of sp³-hybridized carbons (Fsp3) is 0.667. The molecule has 1 aliphatic carbocycles. The molecule has 2 unspecified atom stereocenters. The van der Waals surface area contributed by atoms with Gasteiger partial charge in [0.2, 0.25) is 0 Å². The van der Waals surface area contributed by atoms with Crippen LogP contribution in [0.2, 0.25) is 0 Å². The molecule has 2 rings (SSSR count). The maximum atomic E-state index is 11.0. The zero-order chi connectivity index (χ0) is 12.3. The predicted molar refractivity (Wildman–Crippen MR) is 67.1 cm³/mol. The van der Waals surface area contributed by atoms with Crippen LogP contribution in [0.15, 0.2) is 5.51 Å². The first-order valence-electron chi connectivity index (χ1n) is 6.02. The van der Waals surface area contributed by atoms with Crippen molar-refractivity contribution in [1.82, 2.24) is 10.3 Å². The van der Waals surface area contributed by atoms with E-state index in [1.807, 2.05) is 12.4 Å². The highest BCUT2D eigenvalue weighted by molar-refractivity contribution is 7.09. The van der Waals surface area contributed by atoms with Crippen molar-refractivity contribution in [2.24, 2.45) is 5.92 Å². The molecule has 17 heavy (non-hydrogen) atoms. The summed E-state index contributed by atoms with van der Waals surface area (Å²) in [6, 6.07) is 0.339. The molecule has 2 atom stereocenters. The molecule has 1 heterocycles. The summed E-state index contributed by atoms with van der Waals surface area (Å²) < 4.78 is 0. The minimum Gasteiger partial charge on any atom is -0.481 e. The lowest BCUT2D eigenvalue weighted by atomic mass is 9.86. The lowest BCUT2D eigenvalue weighted by Crippen LogP contribution is -2.36. The second kappa shape index (κ2) is 5.60. The summed E-state index contributed by atoms with van der Waals surface area (Å²) in [4.78, 5) is 16.4. The van der Waals surface area contributed by atoms with Gasteiger partial charge in [-0.05, 0) is 26.2 Å². The van der Waals surface area contributed by atoms with Crippen molar-refractivity contribution in [1.29, 1.82) is 0 Å². The number of nitrogens with one attached hydrogen (secondary N) is 1. The van der Waals surface area contributed by atoms with Crippen LogP contribution in [0.4, 0.5) is 0 Å². The second-order valence-electron chi connectivity index (χ2n) is 4.64. The molecule has 0 radical (unpaired) electrons. The van der Waals surface area contributed by atoms with Crippen molar-refractivity contribution < 1.29 is 9.90 Å². The fourth-order valence-electron chi connectivity index (χ4n) is 2.33. The van der Waals surface area contributed by atoms with Crippen molar-refractivity contribution in [3.05, 3.63) is 16.1 Å². The minimum absolute atomic E-state index is 0.163. The Labute approximate surface area is 105 Å². The maximum Gasteiger partial charge on any atom is 0.306 e. The summed E-state index contributed by atoms with van der Waals surface area (Å²) in [5.74, 6) is -0.811. The molecule has 4 nitrogen and oxygen atoms in total. The van der Waals surface area contributed by atoms with E-state index in [1.54, 1.807) is 11.3 Å². The molecule has 2 N–H and O–H groups in total. The van der Waals surface area contributed by atoms with Gasteiger partial charge in [-0.2, -0.15) is 0 Å². The SMILES string of the molecule is Cc1ncsc1CNC1CCCC(C(=O)O)C1. The smallest absolute Gasteiger partial charge is 0.306 e. The number of hydrogen-bond donors (Lipinski definition) is 2. The zero-order valence-corrected chi connectivity index (χ0v) is 10.8. The van der Waals surface area contributed by atoms with Gasteiger partial charge in [0.15, 0.2) is 0 Å². The topological polar surface area (TPSA) is 62.2 Å². The van der Waals surface area contributed by atoms with Crippen LogP contribution in [0.1, 0.15) is 36.3 Å². The molecule has 1 aromatic heterocycles. The molecule has 1 saturated carbocycles. The third-order valence-corrected chi connectivity index (χ3v) is 4.35. The molecule has 1 aromatic rings. The van der Waals surface area contributed by atoms with Crippen LogP contribution in [0.5, 0.6) is 0 Å². The third-order valence-electron chi connectivity index (χ3n) is 3.42. The maximum absolute atomic E-state index is 11.0. The Balaban J connectivity index is 1.83. The highest BCUT2D eigenvalue weighted by Crippen LogP contribution is 2.25. The first-order valence-corrected chi connectivity index (χ1v) is 6.90. The van der Waals surface area contributed by atoms with Crippen molar-refractivity contribution in [3.63, 3.8) is 0 Å². The van der Waals surface area contributed by atoms with E-state index in [2.05, 4.69) is 10.3 Å². The highest BCUT2D eigenvalue weighted by Gasteiger charge is 2.26. The van der Waals surface area contributed by atoms with E-state index in [4.69, 9.17) is 5.11 Å². The largest absolute Gasteiger partial charge is 0.481 e. The predicted octanol–water partition coefficient (Wildman–Crippen LogP) is 2.18. The molecule has 0 amide bonds. The Morgan fingerprint density at radius 1 is 1.65 bits per heavy atom. The number of hydrogen-bond acceptors (Lipinski definition) is 4. The van der Waals surface area contributed by atoms with E-state index in [0.717, 1.165) is 37.9 Å². The zero-order valence-electron chi connectivity index (χ0n) is 9.98. The van der Waals surface area contributed by atoms with Crippen LogP contribution in [0.25, 0.3) is 0 Å². The van der Waals surface area contributed by atoms with Gasteiger partial charge in [0.1, 0.15) is 0 Å². The van der Waals surface area contributed by atoms with Crippen LogP contribution >= 0.6 is 11.3 Å². The number of carbonyl (C=O) groups is 1. The van der Waals surface area contributed by atoms with Gasteiger partial charge in [-0.3, -0.25) is 4.79 Å². The molecule has 1 aliphatic rings. The quantitative estimate of drug-likeness (QED) is 0.864. The number of rotatable bonds is 4. The molecule has 0 saturated heterocycles. The Morgan fingerprint density at radius 3 is 3.12 bits per heavy atom. The number of carboxylic acids is 1. The number of nitrogens with zero attached hydrogens (tertiary/aromatic N) is 1. The van der Waals surface area contributed by atoms with E-state index in [9.17, 15) is 4.79 Å². The summed E-state index contributed by atoms with van der Waals surface area (Å²) in [6.45, 7) is 2.82. The molecular formula is C12H18N2O2S. The number of aromatic nitrogens is 1. The van der Waals surface area contributed by atoms with Gasteiger partial charge >= 0.3 is 5.97 Å². The van der Waals surface area contributed by atoms with E-state index in [0.29, 0.717) is 6.04 Å². The molecular weight excluding hydrogens is 236 g/mol. The third kappa shape index (κ3) is 3.26. The van der Waals surface area contributed by atoms with Crippen molar-refractivity contribution >= 4 is 17.3 Å². The number of aryl methyl sites for hydroxylation is 1. The first-order chi connectivity index (χ1) is 8.16. The summed E-state index contributed by atoms with van der Waals surface area (Å²) in [7, 11) is 0. The Morgan fingerprint density at radius 2 is 2.47 bits per heavy atom. The molecule has 5 heteroatoms. The van der Waals surface area contributed by atoms with Gasteiger partial charge in [-0.15, -0.1) is 11.3 Å². The van der Waals surface area contributed by atoms with E-state index in [1.165, 1.54) is 4.88 Å². The van der Waals surface area contributed by atoms with Crippen LogP contribution in [0, 0.1) is 12.8 Å². The monoisotopic (exact) mass is 254 g/mol. The number of thiazole rings is 1. The Hall–Kier alpha value is -0.940. The molecule has 94 valence electrons. The lowest BCUT2D eigenvalue weighted by molar-refractivity contribution is -0.143. The summed E-state index contributed by atoms with van der Waals surface area (Å²) in [6.07, 6.45) is 3.68. The molecule has 0 bridgehead atoms. The van der Waals surface area contributed by atoms with E-state index < -0.39 is 5.97 Å². The summed E-state index contributed by atoms with van der Waals surface area (Å²) >= 11 is 1.66. The summed E-state index contributed by atoms with van der Waals surface area (Å²) in [5, 5.41) is 12.5. The summed E-state index contributed by atoms with van der Waals surface area (Å²) in [5.41, 5.74) is 2.93. The normalized spacial score (nSPS) is 24.8. The number of aliphatic carboxylic acids is 1. The minimum atomic E-state index is -0.648. The van der Waals surface area contributed by atoms with Crippen molar-refractivity contribution in [3.8, 4) is 0 Å². The highest BCUT2D eigenvalue weighted by atomic mass is 32.1. The Bertz CT molecular complexity index is 392. The van der Waals surface area contributed by atoms with Crippen LogP contribution in [-0.2, 0) is 11.3 Å². The molecule has 1 fully saturated rings. The lowest BCUT2D eigenvalue weighted by Gasteiger charge is -2.27. The van der Waals surface area contributed by atoms with Gasteiger partial charge in [0, 0.05) is 17.5 Å². The van der Waals surface area contributed by atoms with E-state index in [-0.39, 0.29) is 5.92 Å². The van der Waals surface area contributed by atoms with Crippen molar-refractivity contribution in [2.75, 3.05) is 0 Å². The van der Waals surface area contributed by atoms with E-state index >= 15 is 0 Å². The van der Waals surface area contributed by atoms with Gasteiger partial charge in [0.05, 0.1) is 17.1 Å². The van der Waals surface area contributed by atoms with Crippen LogP contribution in [0.3, 0.4) is 0 Å². The Kier molecular flexibility index (Phi) is 4.12. The average Bonchev–Trinajstić information content (AvgIpc) is 2.72. The van der Waals surface area contributed by atoms with Gasteiger partial charge in [-0.25, -0.2) is 4.98 Å².